The van der Waals surface area contributed by atoms with Crippen LogP contribution in [0.5, 0.6) is 0 Å². The summed E-state index contributed by atoms with van der Waals surface area (Å²) in [4.78, 5) is 2.37. The Labute approximate surface area is 128 Å². The standard InChI is InChI=1S/C18H28N2O/c1-14-6-9-18(15(11-14)12-19-16-7-8-16)20(2)13-17-5-3-4-10-21-17/h6,9,11,16-17,19H,3-5,7-8,10,12-13H2,1-2H3. The molecule has 1 atom stereocenters. The number of likely N-dealkylation sites (N-methyl/N-ethyl adjacent to an activating group) is 1. The van der Waals surface area contributed by atoms with Crippen molar-refractivity contribution in [1.82, 2.24) is 5.32 Å². The maximum absolute atomic E-state index is 5.88. The number of benzene rings is 1. The summed E-state index contributed by atoms with van der Waals surface area (Å²) in [6.45, 7) is 5.09. The van der Waals surface area contributed by atoms with Crippen LogP contribution in [0.2, 0.25) is 0 Å². The van der Waals surface area contributed by atoms with Crippen LogP contribution < -0.4 is 10.2 Å². The molecular formula is C18H28N2O. The van der Waals surface area contributed by atoms with E-state index in [0.717, 1.165) is 25.7 Å². The normalized spacial score (nSPS) is 22.3. The molecule has 1 heterocycles. The smallest absolute Gasteiger partial charge is 0.0749 e. The first-order valence-corrected chi connectivity index (χ1v) is 8.38. The van der Waals surface area contributed by atoms with E-state index in [1.165, 1.54) is 48.9 Å². The van der Waals surface area contributed by atoms with E-state index in [-0.39, 0.29) is 0 Å². The van der Waals surface area contributed by atoms with Crippen molar-refractivity contribution in [3.63, 3.8) is 0 Å². The molecule has 0 amide bonds. The van der Waals surface area contributed by atoms with Gasteiger partial charge in [-0.25, -0.2) is 0 Å². The minimum atomic E-state index is 0.397. The number of hydrogen-bond donors (Lipinski definition) is 1. The summed E-state index contributed by atoms with van der Waals surface area (Å²) >= 11 is 0. The molecule has 3 nitrogen and oxygen atoms in total. The summed E-state index contributed by atoms with van der Waals surface area (Å²) in [5.74, 6) is 0. The average molecular weight is 288 g/mol. The summed E-state index contributed by atoms with van der Waals surface area (Å²) in [6, 6.07) is 7.56. The zero-order valence-electron chi connectivity index (χ0n) is 13.4. The number of anilines is 1. The van der Waals surface area contributed by atoms with Gasteiger partial charge >= 0.3 is 0 Å². The molecule has 1 aliphatic carbocycles. The lowest BCUT2D eigenvalue weighted by Crippen LogP contribution is -2.34. The molecule has 0 bridgehead atoms. The minimum absolute atomic E-state index is 0.397. The topological polar surface area (TPSA) is 24.5 Å². The van der Waals surface area contributed by atoms with Crippen molar-refractivity contribution in [2.75, 3.05) is 25.1 Å². The Bertz CT molecular complexity index is 464. The van der Waals surface area contributed by atoms with Crippen LogP contribution in [-0.2, 0) is 11.3 Å². The fourth-order valence-electron chi connectivity index (χ4n) is 3.13. The van der Waals surface area contributed by atoms with Crippen molar-refractivity contribution in [2.45, 2.75) is 57.7 Å². The van der Waals surface area contributed by atoms with E-state index >= 15 is 0 Å². The van der Waals surface area contributed by atoms with Gasteiger partial charge in [-0.05, 0) is 50.7 Å². The number of nitrogens with zero attached hydrogens (tertiary/aromatic N) is 1. The van der Waals surface area contributed by atoms with Crippen LogP contribution in [0.25, 0.3) is 0 Å². The van der Waals surface area contributed by atoms with Crippen molar-refractivity contribution in [3.05, 3.63) is 29.3 Å². The van der Waals surface area contributed by atoms with Gasteiger partial charge in [0.1, 0.15) is 0 Å². The predicted molar refractivity (Wildman–Crippen MR) is 87.9 cm³/mol. The molecule has 1 saturated heterocycles. The van der Waals surface area contributed by atoms with Gasteiger partial charge < -0.3 is 15.0 Å². The zero-order chi connectivity index (χ0) is 14.7. The fraction of sp³-hybridized carbons (Fsp3) is 0.667. The number of rotatable bonds is 6. The maximum atomic E-state index is 5.88. The van der Waals surface area contributed by atoms with Crippen LogP contribution in [0, 0.1) is 6.92 Å². The summed E-state index contributed by atoms with van der Waals surface area (Å²) in [7, 11) is 2.20. The van der Waals surface area contributed by atoms with Gasteiger partial charge in [0.15, 0.2) is 0 Å². The van der Waals surface area contributed by atoms with Gasteiger partial charge in [0, 0.05) is 38.5 Å². The highest BCUT2D eigenvalue weighted by Crippen LogP contribution is 2.25. The first-order valence-electron chi connectivity index (χ1n) is 8.38. The van der Waals surface area contributed by atoms with Crippen LogP contribution in [0.1, 0.15) is 43.2 Å². The van der Waals surface area contributed by atoms with E-state index in [1.54, 1.807) is 0 Å². The Balaban J connectivity index is 1.66. The van der Waals surface area contributed by atoms with Gasteiger partial charge in [-0.15, -0.1) is 0 Å². The molecule has 1 aromatic carbocycles. The number of nitrogens with one attached hydrogen (secondary N) is 1. The molecule has 0 spiro atoms. The quantitative estimate of drug-likeness (QED) is 0.869. The second-order valence-electron chi connectivity index (χ2n) is 6.66. The van der Waals surface area contributed by atoms with Crippen LogP contribution in [-0.4, -0.2) is 32.3 Å². The minimum Gasteiger partial charge on any atom is -0.376 e. The summed E-state index contributed by atoms with van der Waals surface area (Å²) < 4.78 is 5.88. The van der Waals surface area contributed by atoms with Crippen molar-refractivity contribution >= 4 is 5.69 Å². The van der Waals surface area contributed by atoms with E-state index in [2.05, 4.69) is 42.4 Å². The number of hydrogen-bond acceptors (Lipinski definition) is 3. The Morgan fingerprint density at radius 2 is 2.10 bits per heavy atom. The third kappa shape index (κ3) is 4.21. The average Bonchev–Trinajstić information content (AvgIpc) is 3.30. The highest BCUT2D eigenvalue weighted by Gasteiger charge is 2.21. The summed E-state index contributed by atoms with van der Waals surface area (Å²) in [5, 5.41) is 3.64. The lowest BCUT2D eigenvalue weighted by molar-refractivity contribution is 0.0216. The summed E-state index contributed by atoms with van der Waals surface area (Å²) in [5.41, 5.74) is 4.11. The molecule has 1 N–H and O–H groups in total. The first-order chi connectivity index (χ1) is 10.2. The monoisotopic (exact) mass is 288 g/mol. The highest BCUT2D eigenvalue weighted by atomic mass is 16.5. The molecule has 21 heavy (non-hydrogen) atoms. The Kier molecular flexibility index (Phi) is 4.81. The van der Waals surface area contributed by atoms with E-state index in [4.69, 9.17) is 4.74 Å². The third-order valence-electron chi connectivity index (χ3n) is 4.56. The molecule has 0 aromatic heterocycles. The van der Waals surface area contributed by atoms with Crippen LogP contribution in [0.15, 0.2) is 18.2 Å². The fourth-order valence-corrected chi connectivity index (χ4v) is 3.13. The van der Waals surface area contributed by atoms with Crippen LogP contribution in [0.3, 0.4) is 0 Å². The van der Waals surface area contributed by atoms with Crippen molar-refractivity contribution in [2.24, 2.45) is 0 Å². The largest absolute Gasteiger partial charge is 0.376 e. The van der Waals surface area contributed by atoms with Gasteiger partial charge in [-0.1, -0.05) is 17.7 Å². The second-order valence-corrected chi connectivity index (χ2v) is 6.66. The first kappa shape index (κ1) is 14.9. The third-order valence-corrected chi connectivity index (χ3v) is 4.56. The maximum Gasteiger partial charge on any atom is 0.0749 e. The molecular weight excluding hydrogens is 260 g/mol. The lowest BCUT2D eigenvalue weighted by atomic mass is 10.1. The Hall–Kier alpha value is -1.06. The molecule has 3 rings (SSSR count). The van der Waals surface area contributed by atoms with E-state index in [1.807, 2.05) is 0 Å². The molecule has 1 aromatic rings. The van der Waals surface area contributed by atoms with E-state index < -0.39 is 0 Å². The van der Waals surface area contributed by atoms with Crippen molar-refractivity contribution < 1.29 is 4.74 Å². The Morgan fingerprint density at radius 1 is 1.24 bits per heavy atom. The molecule has 116 valence electrons. The molecule has 0 radical (unpaired) electrons. The number of ether oxygens (including phenoxy) is 1. The predicted octanol–water partition coefficient (Wildman–Crippen LogP) is 3.25. The molecule has 3 heteroatoms. The zero-order valence-corrected chi connectivity index (χ0v) is 13.4. The van der Waals surface area contributed by atoms with Gasteiger partial charge in [0.2, 0.25) is 0 Å². The van der Waals surface area contributed by atoms with E-state index in [0.29, 0.717) is 6.10 Å². The van der Waals surface area contributed by atoms with Crippen LogP contribution >= 0.6 is 0 Å². The van der Waals surface area contributed by atoms with Gasteiger partial charge in [-0.3, -0.25) is 0 Å². The van der Waals surface area contributed by atoms with Gasteiger partial charge in [0.05, 0.1) is 6.10 Å². The van der Waals surface area contributed by atoms with Gasteiger partial charge in [-0.2, -0.15) is 0 Å². The molecule has 1 saturated carbocycles. The summed E-state index contributed by atoms with van der Waals surface area (Å²) in [6.07, 6.45) is 6.81. The van der Waals surface area contributed by atoms with Crippen molar-refractivity contribution in [3.8, 4) is 0 Å². The number of aryl methyl sites for hydroxylation is 1. The highest BCUT2D eigenvalue weighted by molar-refractivity contribution is 5.54. The van der Waals surface area contributed by atoms with Crippen molar-refractivity contribution in [1.29, 1.82) is 0 Å². The molecule has 1 unspecified atom stereocenters. The second kappa shape index (κ2) is 6.80. The van der Waals surface area contributed by atoms with Crippen LogP contribution in [0.4, 0.5) is 5.69 Å². The van der Waals surface area contributed by atoms with E-state index in [9.17, 15) is 0 Å². The molecule has 2 fully saturated rings. The Morgan fingerprint density at radius 3 is 2.81 bits per heavy atom. The molecule has 1 aliphatic heterocycles. The van der Waals surface area contributed by atoms with Gasteiger partial charge in [0.25, 0.3) is 0 Å². The SMILES string of the molecule is Cc1ccc(N(C)CC2CCCCO2)c(CNC2CC2)c1. The molecule has 2 aliphatic rings. The lowest BCUT2D eigenvalue weighted by Gasteiger charge is -2.30.